The Morgan fingerprint density at radius 2 is 2.04 bits per heavy atom. The minimum Gasteiger partial charge on any atom is -0.444 e. The zero-order valence-electron chi connectivity index (χ0n) is 15.1. The second kappa shape index (κ2) is 6.43. The lowest BCUT2D eigenvalue weighted by Gasteiger charge is -2.41. The SMILES string of the molecule is C[C@@H]1SCc2ncnc(N3CCN(C(=O)OC(C)(C)C)C[C@@H]3C)c21. The number of carbonyl (C=O) groups is 1. The summed E-state index contributed by atoms with van der Waals surface area (Å²) in [4.78, 5) is 25.4. The lowest BCUT2D eigenvalue weighted by molar-refractivity contribution is 0.0218. The van der Waals surface area contributed by atoms with Gasteiger partial charge in [-0.15, -0.1) is 11.8 Å². The smallest absolute Gasteiger partial charge is 0.410 e. The Balaban J connectivity index is 1.74. The summed E-state index contributed by atoms with van der Waals surface area (Å²) in [7, 11) is 0. The van der Waals surface area contributed by atoms with Crippen molar-refractivity contribution in [3.8, 4) is 0 Å². The van der Waals surface area contributed by atoms with E-state index in [0.29, 0.717) is 18.3 Å². The van der Waals surface area contributed by atoms with Crippen molar-refractivity contribution in [1.82, 2.24) is 14.9 Å². The van der Waals surface area contributed by atoms with Gasteiger partial charge in [-0.2, -0.15) is 0 Å². The van der Waals surface area contributed by atoms with Crippen LogP contribution >= 0.6 is 11.8 Å². The van der Waals surface area contributed by atoms with Gasteiger partial charge in [-0.1, -0.05) is 0 Å². The van der Waals surface area contributed by atoms with Crippen molar-refractivity contribution < 1.29 is 9.53 Å². The highest BCUT2D eigenvalue weighted by Crippen LogP contribution is 2.44. The molecule has 0 spiro atoms. The van der Waals surface area contributed by atoms with Gasteiger partial charge in [-0.3, -0.25) is 0 Å². The molecule has 3 heterocycles. The third-order valence-corrected chi connectivity index (χ3v) is 5.55. The number of rotatable bonds is 1. The molecule has 0 bridgehead atoms. The van der Waals surface area contributed by atoms with Crippen molar-refractivity contribution in [1.29, 1.82) is 0 Å². The number of hydrogen-bond acceptors (Lipinski definition) is 6. The first-order chi connectivity index (χ1) is 11.3. The molecule has 3 rings (SSSR count). The summed E-state index contributed by atoms with van der Waals surface area (Å²) in [6.07, 6.45) is 1.44. The fourth-order valence-electron chi connectivity index (χ4n) is 3.23. The molecule has 1 aromatic heterocycles. The first-order valence-electron chi connectivity index (χ1n) is 8.46. The predicted octanol–water partition coefficient (Wildman–Crippen LogP) is 3.23. The van der Waals surface area contributed by atoms with Gasteiger partial charge in [-0.25, -0.2) is 14.8 Å². The number of nitrogens with zero attached hydrogens (tertiary/aromatic N) is 4. The van der Waals surface area contributed by atoms with Crippen molar-refractivity contribution >= 4 is 23.7 Å². The van der Waals surface area contributed by atoms with E-state index in [1.54, 1.807) is 11.2 Å². The number of anilines is 1. The highest BCUT2D eigenvalue weighted by molar-refractivity contribution is 7.99. The molecule has 0 aliphatic carbocycles. The van der Waals surface area contributed by atoms with Crippen LogP contribution in [-0.2, 0) is 10.5 Å². The maximum atomic E-state index is 12.3. The van der Waals surface area contributed by atoms with E-state index in [0.717, 1.165) is 23.8 Å². The molecule has 0 radical (unpaired) electrons. The maximum Gasteiger partial charge on any atom is 0.410 e. The van der Waals surface area contributed by atoms with Crippen molar-refractivity contribution in [3.05, 3.63) is 17.6 Å². The van der Waals surface area contributed by atoms with Crippen molar-refractivity contribution in [3.63, 3.8) is 0 Å². The first-order valence-corrected chi connectivity index (χ1v) is 9.51. The van der Waals surface area contributed by atoms with Gasteiger partial charge in [0.15, 0.2) is 0 Å². The molecule has 1 aromatic rings. The molecule has 1 saturated heterocycles. The van der Waals surface area contributed by atoms with Crippen LogP contribution in [0.25, 0.3) is 0 Å². The van der Waals surface area contributed by atoms with E-state index >= 15 is 0 Å². The van der Waals surface area contributed by atoms with Gasteiger partial charge in [0.2, 0.25) is 0 Å². The molecular formula is C17H26N4O2S. The third kappa shape index (κ3) is 3.45. The first kappa shape index (κ1) is 17.3. The molecule has 0 aromatic carbocycles. The summed E-state index contributed by atoms with van der Waals surface area (Å²) in [5.41, 5.74) is 1.96. The number of amides is 1. The van der Waals surface area contributed by atoms with Crippen molar-refractivity contribution in [2.24, 2.45) is 0 Å². The highest BCUT2D eigenvalue weighted by Gasteiger charge is 2.34. The van der Waals surface area contributed by atoms with Gasteiger partial charge >= 0.3 is 6.09 Å². The molecule has 2 aliphatic heterocycles. The number of ether oxygens (including phenoxy) is 1. The Hall–Kier alpha value is -1.50. The van der Waals surface area contributed by atoms with E-state index < -0.39 is 5.60 Å². The van der Waals surface area contributed by atoms with Gasteiger partial charge in [0.25, 0.3) is 0 Å². The summed E-state index contributed by atoms with van der Waals surface area (Å²) in [6.45, 7) is 12.1. The Kier molecular flexibility index (Phi) is 4.64. The molecule has 2 atom stereocenters. The van der Waals surface area contributed by atoms with Crippen LogP contribution in [0.4, 0.5) is 10.6 Å². The summed E-state index contributed by atoms with van der Waals surface area (Å²) >= 11 is 1.90. The minimum absolute atomic E-state index is 0.197. The third-order valence-electron chi connectivity index (χ3n) is 4.37. The quantitative estimate of drug-likeness (QED) is 0.775. The lowest BCUT2D eigenvalue weighted by atomic mass is 10.1. The molecule has 0 N–H and O–H groups in total. The molecule has 132 valence electrons. The summed E-state index contributed by atoms with van der Waals surface area (Å²) in [5, 5.41) is 0.423. The van der Waals surface area contributed by atoms with Crippen LogP contribution in [0, 0.1) is 0 Å². The summed E-state index contributed by atoms with van der Waals surface area (Å²) in [5.74, 6) is 1.99. The van der Waals surface area contributed by atoms with E-state index in [1.807, 2.05) is 32.5 Å². The standard InChI is InChI=1S/C17H26N4O2S/c1-11-8-20(16(22)23-17(3,4)5)6-7-21(11)15-14-12(2)24-9-13(14)18-10-19-15/h10-12H,6-9H2,1-5H3/t11-,12-/m0/s1. The molecular weight excluding hydrogens is 324 g/mol. The molecule has 24 heavy (non-hydrogen) atoms. The summed E-state index contributed by atoms with van der Waals surface area (Å²) < 4.78 is 5.50. The Labute approximate surface area is 148 Å². The van der Waals surface area contributed by atoms with E-state index in [9.17, 15) is 4.79 Å². The van der Waals surface area contributed by atoms with Gasteiger partial charge in [-0.05, 0) is 34.6 Å². The Morgan fingerprint density at radius 1 is 1.29 bits per heavy atom. The van der Waals surface area contributed by atoms with E-state index in [-0.39, 0.29) is 12.1 Å². The number of fused-ring (bicyclic) bond motifs is 1. The number of piperazine rings is 1. The minimum atomic E-state index is -0.461. The van der Waals surface area contributed by atoms with E-state index in [4.69, 9.17) is 4.74 Å². The van der Waals surface area contributed by atoms with Crippen LogP contribution in [-0.4, -0.2) is 52.2 Å². The van der Waals surface area contributed by atoms with Gasteiger partial charge < -0.3 is 14.5 Å². The molecule has 7 heteroatoms. The number of thioether (sulfide) groups is 1. The fourth-order valence-corrected chi connectivity index (χ4v) is 4.28. The second-order valence-electron chi connectivity index (χ2n) is 7.48. The second-order valence-corrected chi connectivity index (χ2v) is 8.81. The molecule has 2 aliphatic rings. The molecule has 0 unspecified atom stereocenters. The highest BCUT2D eigenvalue weighted by atomic mass is 32.2. The molecule has 0 saturated carbocycles. The molecule has 1 amide bonds. The Morgan fingerprint density at radius 3 is 2.71 bits per heavy atom. The number of carbonyl (C=O) groups excluding carboxylic acids is 1. The van der Waals surface area contributed by atoms with E-state index in [2.05, 4.69) is 28.7 Å². The normalized spacial score (nSPS) is 24.0. The van der Waals surface area contributed by atoms with Crippen LogP contribution in [0.15, 0.2) is 6.33 Å². The van der Waals surface area contributed by atoms with Crippen LogP contribution in [0.1, 0.15) is 51.1 Å². The number of aromatic nitrogens is 2. The van der Waals surface area contributed by atoms with Gasteiger partial charge in [0.1, 0.15) is 17.7 Å². The van der Waals surface area contributed by atoms with Crippen LogP contribution < -0.4 is 4.90 Å². The number of hydrogen-bond donors (Lipinski definition) is 0. The van der Waals surface area contributed by atoms with Crippen molar-refractivity contribution in [2.75, 3.05) is 24.5 Å². The molecule has 6 nitrogen and oxygen atoms in total. The van der Waals surface area contributed by atoms with Crippen LogP contribution in [0.3, 0.4) is 0 Å². The fraction of sp³-hybridized carbons (Fsp3) is 0.706. The zero-order valence-corrected chi connectivity index (χ0v) is 15.9. The van der Waals surface area contributed by atoms with Crippen LogP contribution in [0.5, 0.6) is 0 Å². The maximum absolute atomic E-state index is 12.3. The van der Waals surface area contributed by atoms with E-state index in [1.165, 1.54) is 5.56 Å². The lowest BCUT2D eigenvalue weighted by Crippen LogP contribution is -2.55. The average Bonchev–Trinajstić information content (AvgIpc) is 2.87. The predicted molar refractivity (Wildman–Crippen MR) is 96.4 cm³/mol. The Bertz CT molecular complexity index is 632. The van der Waals surface area contributed by atoms with Crippen LogP contribution in [0.2, 0.25) is 0 Å². The monoisotopic (exact) mass is 350 g/mol. The van der Waals surface area contributed by atoms with Gasteiger partial charge in [0.05, 0.1) is 5.69 Å². The van der Waals surface area contributed by atoms with Crippen molar-refractivity contribution in [2.45, 2.75) is 57.3 Å². The average molecular weight is 350 g/mol. The zero-order chi connectivity index (χ0) is 17.5. The topological polar surface area (TPSA) is 58.6 Å². The summed E-state index contributed by atoms with van der Waals surface area (Å²) in [6, 6.07) is 0.197. The van der Waals surface area contributed by atoms with Gasteiger partial charge in [0, 0.05) is 42.2 Å². The largest absolute Gasteiger partial charge is 0.444 e. The molecule has 1 fully saturated rings.